The highest BCUT2D eigenvalue weighted by Gasteiger charge is 2.18. The summed E-state index contributed by atoms with van der Waals surface area (Å²) in [7, 11) is 0. The first kappa shape index (κ1) is 13.4. The molecule has 1 N–H and O–H groups in total. The van der Waals surface area contributed by atoms with Crippen LogP contribution in [-0.4, -0.2) is 24.0 Å². The normalized spacial score (nSPS) is 14.2. The average Bonchev–Trinajstić information content (AvgIpc) is 2.29. The first-order valence-corrected chi connectivity index (χ1v) is 6.96. The van der Waals surface area contributed by atoms with Crippen molar-refractivity contribution in [3.63, 3.8) is 0 Å². The predicted molar refractivity (Wildman–Crippen MR) is 71.0 cm³/mol. The van der Waals surface area contributed by atoms with Crippen molar-refractivity contribution < 1.29 is 4.79 Å². The third kappa shape index (κ3) is 4.06. The van der Waals surface area contributed by atoms with Crippen LogP contribution in [0.3, 0.4) is 0 Å². The highest BCUT2D eigenvalue weighted by molar-refractivity contribution is 7.98. The molecule has 0 spiro atoms. The average molecular weight is 258 g/mol. The molecule has 0 radical (unpaired) electrons. The van der Waals surface area contributed by atoms with E-state index in [1.807, 2.05) is 43.5 Å². The van der Waals surface area contributed by atoms with E-state index in [9.17, 15) is 4.79 Å². The van der Waals surface area contributed by atoms with Gasteiger partial charge in [0.05, 0.1) is 0 Å². The Kier molecular flexibility index (Phi) is 5.71. The molecule has 2 atom stereocenters. The van der Waals surface area contributed by atoms with E-state index in [1.54, 1.807) is 11.8 Å². The van der Waals surface area contributed by atoms with E-state index in [4.69, 9.17) is 11.6 Å². The van der Waals surface area contributed by atoms with E-state index < -0.39 is 5.38 Å². The maximum absolute atomic E-state index is 11.8. The van der Waals surface area contributed by atoms with Crippen LogP contribution in [0.1, 0.15) is 17.9 Å². The van der Waals surface area contributed by atoms with E-state index in [1.165, 1.54) is 0 Å². The van der Waals surface area contributed by atoms with Crippen LogP contribution in [0.5, 0.6) is 0 Å². The molecule has 16 heavy (non-hydrogen) atoms. The van der Waals surface area contributed by atoms with Gasteiger partial charge in [-0.1, -0.05) is 30.3 Å². The zero-order valence-electron chi connectivity index (χ0n) is 9.44. The zero-order valence-corrected chi connectivity index (χ0v) is 11.0. The molecule has 1 aromatic rings. The Labute approximate surface area is 106 Å². The van der Waals surface area contributed by atoms with Crippen molar-refractivity contribution in [3.05, 3.63) is 35.9 Å². The summed E-state index contributed by atoms with van der Waals surface area (Å²) in [6.45, 7) is 1.98. The fraction of sp³-hybridized carbons (Fsp3) is 0.417. The fourth-order valence-corrected chi connectivity index (χ4v) is 2.17. The number of nitrogens with one attached hydrogen (secondary N) is 1. The lowest BCUT2D eigenvalue weighted by Gasteiger charge is -2.15. The molecule has 0 aromatic heterocycles. The van der Waals surface area contributed by atoms with Crippen LogP contribution in [0.15, 0.2) is 30.3 Å². The Hall–Kier alpha value is -0.670. The predicted octanol–water partition coefficient (Wildman–Crippen LogP) is 2.83. The maximum atomic E-state index is 11.8. The van der Waals surface area contributed by atoms with Crippen molar-refractivity contribution in [3.8, 4) is 0 Å². The van der Waals surface area contributed by atoms with Crippen molar-refractivity contribution in [1.29, 1.82) is 0 Å². The molecule has 4 heteroatoms. The molecule has 0 saturated carbocycles. The number of alkyl halides is 1. The molecule has 0 aliphatic heterocycles. The summed E-state index contributed by atoms with van der Waals surface area (Å²) in [5, 5.41) is 2.28. The van der Waals surface area contributed by atoms with E-state index >= 15 is 0 Å². The van der Waals surface area contributed by atoms with Crippen molar-refractivity contribution in [2.24, 2.45) is 0 Å². The first-order valence-electron chi connectivity index (χ1n) is 5.13. The Bertz CT molecular complexity index is 331. The van der Waals surface area contributed by atoms with Gasteiger partial charge in [0, 0.05) is 11.8 Å². The van der Waals surface area contributed by atoms with Gasteiger partial charge >= 0.3 is 0 Å². The van der Waals surface area contributed by atoms with Crippen LogP contribution in [0.2, 0.25) is 0 Å². The smallest absolute Gasteiger partial charge is 0.242 e. The van der Waals surface area contributed by atoms with Crippen LogP contribution < -0.4 is 5.32 Å². The Balaban J connectivity index is 2.55. The van der Waals surface area contributed by atoms with Gasteiger partial charge in [-0.2, -0.15) is 11.8 Å². The molecule has 1 rings (SSSR count). The molecule has 1 aromatic carbocycles. The highest BCUT2D eigenvalue weighted by atomic mass is 35.5. The highest BCUT2D eigenvalue weighted by Crippen LogP contribution is 2.20. The molecule has 0 aliphatic carbocycles. The summed E-state index contributed by atoms with van der Waals surface area (Å²) in [4.78, 5) is 11.8. The number of carbonyl (C=O) groups excluding carboxylic acids is 1. The summed E-state index contributed by atoms with van der Waals surface area (Å²) in [5.41, 5.74) is 0.831. The molecule has 0 aliphatic rings. The first-order chi connectivity index (χ1) is 7.65. The van der Waals surface area contributed by atoms with Crippen LogP contribution in [-0.2, 0) is 4.79 Å². The number of halogens is 1. The van der Waals surface area contributed by atoms with Gasteiger partial charge in [-0.15, -0.1) is 11.6 Å². The van der Waals surface area contributed by atoms with Crippen molar-refractivity contribution in [1.82, 2.24) is 5.32 Å². The molecule has 88 valence electrons. The summed E-state index contributed by atoms with van der Waals surface area (Å²) in [5.74, 6) is 0.763. The molecule has 0 bridgehead atoms. The molecule has 0 fully saturated rings. The standard InChI is InChI=1S/C12H16ClNOS/c1-9(8-16-2)14-12(15)11(13)10-6-4-3-5-7-10/h3-7,9,11H,8H2,1-2H3,(H,14,15). The number of thioether (sulfide) groups is 1. The van der Waals surface area contributed by atoms with Gasteiger partial charge in [0.1, 0.15) is 5.38 Å². The summed E-state index contributed by atoms with van der Waals surface area (Å²) >= 11 is 7.78. The molecular weight excluding hydrogens is 242 g/mol. The molecule has 2 unspecified atom stereocenters. The molecule has 0 heterocycles. The zero-order chi connectivity index (χ0) is 12.0. The van der Waals surface area contributed by atoms with Gasteiger partial charge in [0.25, 0.3) is 0 Å². The molecule has 0 saturated heterocycles. The molecule has 1 amide bonds. The van der Waals surface area contributed by atoms with Crippen molar-refractivity contribution in [2.45, 2.75) is 18.3 Å². The molecular formula is C12H16ClNOS. The lowest BCUT2D eigenvalue weighted by atomic mass is 10.1. The second kappa shape index (κ2) is 6.81. The van der Waals surface area contributed by atoms with Gasteiger partial charge in [-0.3, -0.25) is 4.79 Å². The van der Waals surface area contributed by atoms with Gasteiger partial charge in [-0.05, 0) is 18.7 Å². The second-order valence-electron chi connectivity index (χ2n) is 3.64. The van der Waals surface area contributed by atoms with Crippen LogP contribution >= 0.6 is 23.4 Å². The monoisotopic (exact) mass is 257 g/mol. The lowest BCUT2D eigenvalue weighted by molar-refractivity contribution is -0.121. The fourth-order valence-electron chi connectivity index (χ4n) is 1.38. The van der Waals surface area contributed by atoms with Crippen LogP contribution in [0.4, 0.5) is 0 Å². The lowest BCUT2D eigenvalue weighted by Crippen LogP contribution is -2.36. The third-order valence-electron chi connectivity index (χ3n) is 2.13. The largest absolute Gasteiger partial charge is 0.351 e. The number of benzene rings is 1. The maximum Gasteiger partial charge on any atom is 0.242 e. The minimum atomic E-state index is -0.606. The van der Waals surface area contributed by atoms with E-state index in [0.717, 1.165) is 11.3 Å². The van der Waals surface area contributed by atoms with Crippen molar-refractivity contribution in [2.75, 3.05) is 12.0 Å². The third-order valence-corrected chi connectivity index (χ3v) is 3.41. The molecule has 2 nitrogen and oxygen atoms in total. The van der Waals surface area contributed by atoms with Gasteiger partial charge in [0.15, 0.2) is 0 Å². The SMILES string of the molecule is CSCC(C)NC(=O)C(Cl)c1ccccc1. The second-order valence-corrected chi connectivity index (χ2v) is 4.99. The Morgan fingerprint density at radius 1 is 1.44 bits per heavy atom. The minimum Gasteiger partial charge on any atom is -0.351 e. The van der Waals surface area contributed by atoms with E-state index in [-0.39, 0.29) is 11.9 Å². The number of rotatable bonds is 5. The number of hydrogen-bond acceptors (Lipinski definition) is 2. The van der Waals surface area contributed by atoms with Gasteiger partial charge < -0.3 is 5.32 Å². The Morgan fingerprint density at radius 3 is 2.62 bits per heavy atom. The van der Waals surface area contributed by atoms with Gasteiger partial charge in [-0.25, -0.2) is 0 Å². The number of hydrogen-bond donors (Lipinski definition) is 1. The number of carbonyl (C=O) groups is 1. The summed E-state index contributed by atoms with van der Waals surface area (Å²) < 4.78 is 0. The minimum absolute atomic E-state index is 0.130. The quantitative estimate of drug-likeness (QED) is 0.822. The summed E-state index contributed by atoms with van der Waals surface area (Å²) in [6, 6.07) is 9.52. The van der Waals surface area contributed by atoms with Crippen molar-refractivity contribution >= 4 is 29.3 Å². The summed E-state index contributed by atoms with van der Waals surface area (Å²) in [6.07, 6.45) is 2.01. The van der Waals surface area contributed by atoms with Crippen LogP contribution in [0.25, 0.3) is 0 Å². The number of amides is 1. The van der Waals surface area contributed by atoms with Gasteiger partial charge in [0.2, 0.25) is 5.91 Å². The Morgan fingerprint density at radius 2 is 2.06 bits per heavy atom. The van der Waals surface area contributed by atoms with Crippen LogP contribution in [0, 0.1) is 0 Å². The van der Waals surface area contributed by atoms with E-state index in [0.29, 0.717) is 0 Å². The van der Waals surface area contributed by atoms with E-state index in [2.05, 4.69) is 5.32 Å². The topological polar surface area (TPSA) is 29.1 Å².